The van der Waals surface area contributed by atoms with Crippen molar-refractivity contribution in [1.82, 2.24) is 0 Å². The number of nitrogens with two attached hydrogens (primary N) is 1. The highest BCUT2D eigenvalue weighted by Gasteiger charge is 2.13. The Balaban J connectivity index is 2.66. The number of anilines is 1. The Kier molecular flexibility index (Phi) is 4.21. The van der Waals surface area contributed by atoms with E-state index in [1.165, 1.54) is 6.07 Å². The van der Waals surface area contributed by atoms with Crippen LogP contribution in [0.15, 0.2) is 18.2 Å². The molecule has 0 fully saturated rings. The van der Waals surface area contributed by atoms with Gasteiger partial charge in [-0.2, -0.15) is 0 Å². The van der Waals surface area contributed by atoms with E-state index in [4.69, 9.17) is 15.9 Å². The van der Waals surface area contributed by atoms with Crippen LogP contribution >= 0.6 is 0 Å². The predicted molar refractivity (Wildman–Crippen MR) is 54.2 cm³/mol. The van der Waals surface area contributed by atoms with Crippen molar-refractivity contribution in [3.63, 3.8) is 0 Å². The minimum absolute atomic E-state index is 0.0199. The maximum atomic E-state index is 12.7. The number of nitrogen functional groups attached to an aromatic ring is 1. The molecule has 0 heterocycles. The standard InChI is InChI=1S/C10H12FNO4/c11-6-1-2-8(9(12)3-6)10(15)16-5-7(14)4-13/h1-3,7,13-14H,4-5,12H2. The molecule has 0 aliphatic carbocycles. The van der Waals surface area contributed by atoms with Gasteiger partial charge in [0, 0.05) is 5.69 Å². The zero-order valence-electron chi connectivity index (χ0n) is 8.39. The molecule has 0 aliphatic rings. The molecular weight excluding hydrogens is 217 g/mol. The summed E-state index contributed by atoms with van der Waals surface area (Å²) in [5.41, 5.74) is 5.39. The SMILES string of the molecule is Nc1cc(F)ccc1C(=O)OCC(O)CO. The second kappa shape index (κ2) is 5.43. The highest BCUT2D eigenvalue weighted by molar-refractivity contribution is 5.95. The number of carbonyl (C=O) groups is 1. The zero-order valence-corrected chi connectivity index (χ0v) is 8.39. The number of rotatable bonds is 4. The number of esters is 1. The molecule has 0 saturated carbocycles. The van der Waals surface area contributed by atoms with Gasteiger partial charge < -0.3 is 20.7 Å². The van der Waals surface area contributed by atoms with Gasteiger partial charge in [0.15, 0.2) is 0 Å². The first kappa shape index (κ1) is 12.4. The lowest BCUT2D eigenvalue weighted by molar-refractivity contribution is 0.00941. The van der Waals surface area contributed by atoms with Crippen LogP contribution in [0.3, 0.4) is 0 Å². The van der Waals surface area contributed by atoms with Crippen molar-refractivity contribution in [2.45, 2.75) is 6.10 Å². The minimum Gasteiger partial charge on any atom is -0.459 e. The Bertz CT molecular complexity index is 383. The summed E-state index contributed by atoms with van der Waals surface area (Å²) in [6, 6.07) is 3.27. The van der Waals surface area contributed by atoms with Crippen LogP contribution in [0.4, 0.5) is 10.1 Å². The fraction of sp³-hybridized carbons (Fsp3) is 0.300. The van der Waals surface area contributed by atoms with Crippen LogP contribution in [0.5, 0.6) is 0 Å². The van der Waals surface area contributed by atoms with E-state index in [2.05, 4.69) is 4.74 Å². The van der Waals surface area contributed by atoms with E-state index in [0.717, 1.165) is 12.1 Å². The van der Waals surface area contributed by atoms with E-state index in [1.807, 2.05) is 0 Å². The molecular formula is C10H12FNO4. The van der Waals surface area contributed by atoms with Gasteiger partial charge in [0.2, 0.25) is 0 Å². The summed E-state index contributed by atoms with van der Waals surface area (Å²) in [6.07, 6.45) is -1.13. The molecule has 0 saturated heterocycles. The molecule has 0 spiro atoms. The molecule has 1 aromatic rings. The first-order chi connectivity index (χ1) is 7.54. The van der Waals surface area contributed by atoms with Crippen LogP contribution in [-0.2, 0) is 4.74 Å². The van der Waals surface area contributed by atoms with Gasteiger partial charge in [-0.05, 0) is 18.2 Å². The maximum Gasteiger partial charge on any atom is 0.340 e. The number of halogens is 1. The minimum atomic E-state index is -1.13. The Labute approximate surface area is 91.3 Å². The van der Waals surface area contributed by atoms with Gasteiger partial charge in [0.25, 0.3) is 0 Å². The van der Waals surface area contributed by atoms with Crippen molar-refractivity contribution in [2.24, 2.45) is 0 Å². The van der Waals surface area contributed by atoms with E-state index >= 15 is 0 Å². The van der Waals surface area contributed by atoms with Gasteiger partial charge >= 0.3 is 5.97 Å². The van der Waals surface area contributed by atoms with Crippen molar-refractivity contribution in [3.8, 4) is 0 Å². The van der Waals surface area contributed by atoms with Crippen molar-refractivity contribution in [2.75, 3.05) is 18.9 Å². The molecule has 1 rings (SSSR count). The average Bonchev–Trinajstić information content (AvgIpc) is 2.25. The largest absolute Gasteiger partial charge is 0.459 e. The third kappa shape index (κ3) is 3.18. The number of aliphatic hydroxyl groups excluding tert-OH is 2. The van der Waals surface area contributed by atoms with Gasteiger partial charge in [-0.3, -0.25) is 0 Å². The Morgan fingerprint density at radius 2 is 2.25 bits per heavy atom. The topological polar surface area (TPSA) is 92.8 Å². The van der Waals surface area contributed by atoms with Gasteiger partial charge in [-0.25, -0.2) is 9.18 Å². The molecule has 0 aliphatic heterocycles. The molecule has 1 unspecified atom stereocenters. The lowest BCUT2D eigenvalue weighted by atomic mass is 10.2. The average molecular weight is 229 g/mol. The second-order valence-electron chi connectivity index (χ2n) is 3.17. The molecule has 0 aromatic heterocycles. The molecule has 16 heavy (non-hydrogen) atoms. The molecule has 0 radical (unpaired) electrons. The Morgan fingerprint density at radius 1 is 1.56 bits per heavy atom. The van der Waals surface area contributed by atoms with Crippen LogP contribution in [0.2, 0.25) is 0 Å². The van der Waals surface area contributed by atoms with E-state index in [9.17, 15) is 9.18 Å². The number of hydrogen-bond acceptors (Lipinski definition) is 5. The van der Waals surface area contributed by atoms with Crippen molar-refractivity contribution in [1.29, 1.82) is 0 Å². The van der Waals surface area contributed by atoms with Crippen molar-refractivity contribution < 1.29 is 24.1 Å². The zero-order chi connectivity index (χ0) is 12.1. The summed E-state index contributed by atoms with van der Waals surface area (Å²) in [4.78, 5) is 11.4. The van der Waals surface area contributed by atoms with Crippen LogP contribution in [0, 0.1) is 5.82 Å². The molecule has 1 atom stereocenters. The van der Waals surface area contributed by atoms with Crippen LogP contribution < -0.4 is 5.73 Å². The van der Waals surface area contributed by atoms with Crippen LogP contribution in [0.25, 0.3) is 0 Å². The number of benzene rings is 1. The van der Waals surface area contributed by atoms with E-state index in [-0.39, 0.29) is 17.9 Å². The quantitative estimate of drug-likeness (QED) is 0.496. The lowest BCUT2D eigenvalue weighted by Gasteiger charge is -2.09. The van der Waals surface area contributed by atoms with Gasteiger partial charge in [0.05, 0.1) is 12.2 Å². The number of hydrogen-bond donors (Lipinski definition) is 3. The highest BCUT2D eigenvalue weighted by atomic mass is 19.1. The monoisotopic (exact) mass is 229 g/mol. The van der Waals surface area contributed by atoms with Gasteiger partial charge in [0.1, 0.15) is 18.5 Å². The van der Waals surface area contributed by atoms with Crippen LogP contribution in [0.1, 0.15) is 10.4 Å². The highest BCUT2D eigenvalue weighted by Crippen LogP contribution is 2.14. The molecule has 5 nitrogen and oxygen atoms in total. The molecule has 4 N–H and O–H groups in total. The van der Waals surface area contributed by atoms with Crippen molar-refractivity contribution in [3.05, 3.63) is 29.6 Å². The summed E-state index contributed by atoms with van der Waals surface area (Å²) < 4.78 is 17.3. The molecule has 6 heteroatoms. The maximum absolute atomic E-state index is 12.7. The van der Waals surface area contributed by atoms with E-state index in [1.54, 1.807) is 0 Å². The molecule has 1 aromatic carbocycles. The first-order valence-corrected chi connectivity index (χ1v) is 4.55. The summed E-state index contributed by atoms with van der Waals surface area (Å²) in [7, 11) is 0. The Hall–Kier alpha value is -1.66. The normalized spacial score (nSPS) is 12.2. The molecule has 0 bridgehead atoms. The third-order valence-electron chi connectivity index (χ3n) is 1.85. The molecule has 88 valence electrons. The summed E-state index contributed by atoms with van der Waals surface area (Å²) in [5.74, 6) is -1.32. The summed E-state index contributed by atoms with van der Waals surface area (Å²) in [6.45, 7) is -0.849. The number of ether oxygens (including phenoxy) is 1. The number of aliphatic hydroxyl groups is 2. The van der Waals surface area contributed by atoms with Crippen molar-refractivity contribution >= 4 is 11.7 Å². The van der Waals surface area contributed by atoms with Gasteiger partial charge in [-0.15, -0.1) is 0 Å². The third-order valence-corrected chi connectivity index (χ3v) is 1.85. The fourth-order valence-corrected chi connectivity index (χ4v) is 1.02. The van der Waals surface area contributed by atoms with E-state index in [0.29, 0.717) is 0 Å². The summed E-state index contributed by atoms with van der Waals surface area (Å²) >= 11 is 0. The predicted octanol–water partition coefficient (Wildman–Crippen LogP) is -0.0821. The van der Waals surface area contributed by atoms with Gasteiger partial charge in [-0.1, -0.05) is 0 Å². The van der Waals surface area contributed by atoms with E-state index < -0.39 is 24.5 Å². The fourth-order valence-electron chi connectivity index (χ4n) is 1.02. The first-order valence-electron chi connectivity index (χ1n) is 4.55. The lowest BCUT2D eigenvalue weighted by Crippen LogP contribution is -2.22. The number of carbonyl (C=O) groups excluding carboxylic acids is 1. The second-order valence-corrected chi connectivity index (χ2v) is 3.17. The van der Waals surface area contributed by atoms with Crippen LogP contribution in [-0.4, -0.2) is 35.5 Å². The smallest absolute Gasteiger partial charge is 0.340 e. The summed E-state index contributed by atoms with van der Waals surface area (Å²) in [5, 5.41) is 17.4. The molecule has 0 amide bonds. The Morgan fingerprint density at radius 3 is 2.81 bits per heavy atom.